The van der Waals surface area contributed by atoms with Crippen LogP contribution < -0.4 is 17.2 Å². The van der Waals surface area contributed by atoms with Gasteiger partial charge in [-0.1, -0.05) is 109 Å². The van der Waals surface area contributed by atoms with Crippen LogP contribution in [0.5, 0.6) is 0 Å². The van der Waals surface area contributed by atoms with Crippen molar-refractivity contribution in [1.29, 1.82) is 0 Å². The van der Waals surface area contributed by atoms with E-state index in [-0.39, 0.29) is 5.56 Å². The second kappa shape index (κ2) is 16.3. The number of carbonyl (C=O) groups is 3. The first-order chi connectivity index (χ1) is 27.5. The highest BCUT2D eigenvalue weighted by Gasteiger charge is 2.20. The van der Waals surface area contributed by atoms with Gasteiger partial charge in [0, 0.05) is 0 Å². The predicted octanol–water partition coefficient (Wildman–Crippen LogP) is 8.91. The van der Waals surface area contributed by atoms with Crippen LogP contribution in [-0.2, 0) is 14.2 Å². The highest BCUT2D eigenvalue weighted by Crippen LogP contribution is 2.42. The lowest BCUT2D eigenvalue weighted by atomic mass is 9.86. The Morgan fingerprint density at radius 1 is 0.368 bits per heavy atom. The monoisotopic (exact) mass is 753 g/mol. The molecular weight excluding hydrogens is 715 g/mol. The lowest BCUT2D eigenvalue weighted by Crippen LogP contribution is -2.61. The van der Waals surface area contributed by atoms with Gasteiger partial charge in [0.2, 0.25) is 0 Å². The summed E-state index contributed by atoms with van der Waals surface area (Å²) in [5.74, 6) is -3.64. The highest BCUT2D eigenvalue weighted by molar-refractivity contribution is 5.96. The van der Waals surface area contributed by atoms with E-state index in [1.54, 1.807) is 36.4 Å². The fourth-order valence-electron chi connectivity index (χ4n) is 6.87. The van der Waals surface area contributed by atoms with Gasteiger partial charge in [-0.2, -0.15) is 0 Å². The molecule has 9 heteroatoms. The Bertz CT molecular complexity index is 2470. The summed E-state index contributed by atoms with van der Waals surface area (Å²) in [6.45, 7) is 0. The van der Waals surface area contributed by atoms with Crippen LogP contribution in [0.25, 0.3) is 66.8 Å². The number of benzene rings is 7. The fraction of sp³-hybridized carbons (Fsp3) is 0.0625. The number of rotatable bonds is 10. The van der Waals surface area contributed by atoms with Crippen molar-refractivity contribution < 1.29 is 28.6 Å². The third-order valence-corrected chi connectivity index (χ3v) is 9.58. The minimum Gasteiger partial charge on any atom is -0.465 e. The third kappa shape index (κ3) is 8.41. The number of methoxy groups -OCH3 is 2. The van der Waals surface area contributed by atoms with Crippen molar-refractivity contribution in [2.75, 3.05) is 14.2 Å². The highest BCUT2D eigenvalue weighted by atomic mass is 16.6. The maximum Gasteiger partial charge on any atom is 0.341 e. The largest absolute Gasteiger partial charge is 0.465 e. The van der Waals surface area contributed by atoms with E-state index < -0.39 is 23.9 Å². The summed E-state index contributed by atoms with van der Waals surface area (Å²) in [5.41, 5.74) is 29.1. The van der Waals surface area contributed by atoms with Crippen LogP contribution in [0.3, 0.4) is 0 Å². The molecule has 0 aliphatic heterocycles. The molecule has 0 bridgehead atoms. The van der Waals surface area contributed by atoms with Gasteiger partial charge in [-0.25, -0.2) is 14.4 Å². The zero-order valence-electron chi connectivity index (χ0n) is 31.3. The lowest BCUT2D eigenvalue weighted by Gasteiger charge is -2.19. The molecule has 0 radical (unpaired) electrons. The maximum atomic E-state index is 12.6. The molecule has 0 spiro atoms. The van der Waals surface area contributed by atoms with Gasteiger partial charge in [-0.05, 0) is 121 Å². The molecule has 282 valence electrons. The Kier molecular flexibility index (Phi) is 10.9. The van der Waals surface area contributed by atoms with Gasteiger partial charge in [-0.15, -0.1) is 0 Å². The normalized spacial score (nSPS) is 11.1. The summed E-state index contributed by atoms with van der Waals surface area (Å²) in [6.07, 6.45) is 0. The molecule has 7 rings (SSSR count). The number of esters is 3. The number of hydrogen-bond donors (Lipinski definition) is 3. The lowest BCUT2D eigenvalue weighted by molar-refractivity contribution is -0.00945. The van der Waals surface area contributed by atoms with Crippen LogP contribution in [0, 0.1) is 0 Å². The van der Waals surface area contributed by atoms with Crippen molar-refractivity contribution in [2.45, 2.75) is 5.97 Å². The van der Waals surface area contributed by atoms with Crippen LogP contribution in [0.2, 0.25) is 0 Å². The Balaban J connectivity index is 1.40. The summed E-state index contributed by atoms with van der Waals surface area (Å²) in [6, 6.07) is 52.6. The van der Waals surface area contributed by atoms with E-state index >= 15 is 0 Å². The molecule has 7 aromatic carbocycles. The standard InChI is InChI=1S/C48H39N3O6/c1-55-45(52)33-21-15-30(16-22-33)39-9-3-6-12-42(39)36-27-37(43-13-7-4-10-40(43)31-17-23-34(24-18-31)46(53)56-2)29-38(28-36)44-14-8-5-11-41(44)32-19-25-35(26-20-32)47(54)57-48(49,50)51/h3-29H,49-51H2,1-2H3. The van der Waals surface area contributed by atoms with Crippen molar-refractivity contribution in [3.05, 3.63) is 180 Å². The molecule has 0 fully saturated rings. The predicted molar refractivity (Wildman–Crippen MR) is 222 cm³/mol. The van der Waals surface area contributed by atoms with Gasteiger partial charge >= 0.3 is 17.9 Å². The van der Waals surface area contributed by atoms with Crippen LogP contribution in [-0.4, -0.2) is 38.1 Å². The molecule has 0 heterocycles. The molecule has 0 atom stereocenters. The van der Waals surface area contributed by atoms with Crippen LogP contribution >= 0.6 is 0 Å². The minimum atomic E-state index is -2.10. The molecular formula is C48H39N3O6. The van der Waals surface area contributed by atoms with Crippen molar-refractivity contribution in [2.24, 2.45) is 17.2 Å². The molecule has 7 aromatic rings. The van der Waals surface area contributed by atoms with E-state index in [1.165, 1.54) is 14.2 Å². The van der Waals surface area contributed by atoms with Crippen molar-refractivity contribution >= 4 is 17.9 Å². The molecule has 0 saturated carbocycles. The zero-order chi connectivity index (χ0) is 40.1. The number of ether oxygens (including phenoxy) is 3. The average molecular weight is 754 g/mol. The van der Waals surface area contributed by atoms with E-state index in [1.807, 2.05) is 78.9 Å². The fourth-order valence-corrected chi connectivity index (χ4v) is 6.87. The zero-order valence-corrected chi connectivity index (χ0v) is 31.3. The number of nitrogens with two attached hydrogens (primary N) is 3. The summed E-state index contributed by atoms with van der Waals surface area (Å²) in [5, 5.41) is 0. The van der Waals surface area contributed by atoms with Gasteiger partial charge < -0.3 is 14.2 Å². The Morgan fingerprint density at radius 2 is 0.614 bits per heavy atom. The Labute approximate surface area is 330 Å². The Hall–Kier alpha value is -7.17. The van der Waals surface area contributed by atoms with E-state index in [9.17, 15) is 14.4 Å². The molecule has 0 unspecified atom stereocenters. The van der Waals surface area contributed by atoms with Gasteiger partial charge in [0.1, 0.15) is 0 Å². The van der Waals surface area contributed by atoms with Crippen LogP contribution in [0.4, 0.5) is 0 Å². The summed E-state index contributed by atoms with van der Waals surface area (Å²) >= 11 is 0. The molecule has 57 heavy (non-hydrogen) atoms. The molecule has 0 saturated heterocycles. The second-order valence-electron chi connectivity index (χ2n) is 13.4. The Morgan fingerprint density at radius 3 is 0.860 bits per heavy atom. The SMILES string of the molecule is COC(=O)c1ccc(-c2ccccc2-c2cc(-c3ccccc3-c3ccc(C(=O)OC)cc3)cc(-c3ccccc3-c3ccc(C(=O)OC(N)(N)N)cc3)c2)cc1. The smallest absolute Gasteiger partial charge is 0.341 e. The summed E-state index contributed by atoms with van der Waals surface area (Å²) in [7, 11) is 2.73. The van der Waals surface area contributed by atoms with Gasteiger partial charge in [0.25, 0.3) is 5.97 Å². The average Bonchev–Trinajstić information content (AvgIpc) is 3.25. The van der Waals surface area contributed by atoms with E-state index in [2.05, 4.69) is 48.5 Å². The van der Waals surface area contributed by atoms with Gasteiger partial charge in [0.15, 0.2) is 0 Å². The van der Waals surface area contributed by atoms with E-state index in [4.69, 9.17) is 31.4 Å². The third-order valence-electron chi connectivity index (χ3n) is 9.58. The van der Waals surface area contributed by atoms with Crippen molar-refractivity contribution in [3.8, 4) is 66.8 Å². The first-order valence-corrected chi connectivity index (χ1v) is 18.0. The van der Waals surface area contributed by atoms with E-state index in [0.29, 0.717) is 11.1 Å². The number of hydrogen-bond acceptors (Lipinski definition) is 9. The van der Waals surface area contributed by atoms with Crippen LogP contribution in [0.15, 0.2) is 164 Å². The topological polar surface area (TPSA) is 157 Å². The molecule has 0 aromatic heterocycles. The molecule has 6 N–H and O–H groups in total. The first-order valence-electron chi connectivity index (χ1n) is 18.0. The second-order valence-corrected chi connectivity index (χ2v) is 13.4. The molecule has 0 aliphatic carbocycles. The first kappa shape index (κ1) is 38.1. The molecule has 0 amide bonds. The van der Waals surface area contributed by atoms with Crippen molar-refractivity contribution in [1.82, 2.24) is 0 Å². The summed E-state index contributed by atoms with van der Waals surface area (Å²) in [4.78, 5) is 37.1. The maximum absolute atomic E-state index is 12.6. The van der Waals surface area contributed by atoms with Crippen molar-refractivity contribution in [3.63, 3.8) is 0 Å². The van der Waals surface area contributed by atoms with Crippen LogP contribution in [0.1, 0.15) is 31.1 Å². The quantitative estimate of drug-likeness (QED) is 0.0705. The van der Waals surface area contributed by atoms with Gasteiger partial charge in [0.05, 0.1) is 30.9 Å². The number of carbonyl (C=O) groups excluding carboxylic acids is 3. The summed E-state index contributed by atoms with van der Waals surface area (Å²) < 4.78 is 14.8. The van der Waals surface area contributed by atoms with E-state index in [0.717, 1.165) is 66.8 Å². The van der Waals surface area contributed by atoms with Gasteiger partial charge in [-0.3, -0.25) is 17.2 Å². The molecule has 9 nitrogen and oxygen atoms in total. The minimum absolute atomic E-state index is 0.249. The molecule has 0 aliphatic rings.